The third-order valence-electron chi connectivity index (χ3n) is 6.24. The summed E-state index contributed by atoms with van der Waals surface area (Å²) in [6.07, 6.45) is 5.19. The van der Waals surface area contributed by atoms with Crippen LogP contribution in [0.1, 0.15) is 32.2 Å². The number of aromatic amines is 1. The molecule has 4 heterocycles. The number of hydrogen-bond donors (Lipinski definition) is 2. The lowest BCUT2D eigenvalue weighted by atomic mass is 10.0. The molecule has 184 valence electrons. The van der Waals surface area contributed by atoms with Gasteiger partial charge >= 0.3 is 0 Å². The van der Waals surface area contributed by atoms with Crippen LogP contribution < -0.4 is 15.6 Å². The van der Waals surface area contributed by atoms with Crippen molar-refractivity contribution in [3.8, 4) is 17.1 Å². The fraction of sp³-hybridized carbons (Fsp3) is 0.231. The number of carbonyl (C=O) groups is 2. The molecule has 0 unspecified atom stereocenters. The smallest absolute Gasteiger partial charge is 0.257 e. The number of aromatic nitrogens is 3. The molecule has 1 aliphatic rings. The Morgan fingerprint density at radius 2 is 2.03 bits per heavy atom. The van der Waals surface area contributed by atoms with E-state index in [9.17, 15) is 14.4 Å². The van der Waals surface area contributed by atoms with E-state index in [1.165, 1.54) is 19.4 Å². The maximum atomic E-state index is 13.6. The molecule has 0 saturated carbocycles. The van der Waals surface area contributed by atoms with Crippen molar-refractivity contribution in [1.29, 1.82) is 0 Å². The summed E-state index contributed by atoms with van der Waals surface area (Å²) < 4.78 is 12.2. The minimum Gasteiger partial charge on any atom is -0.496 e. The lowest BCUT2D eigenvalue weighted by Gasteiger charge is -2.21. The first-order valence-electron chi connectivity index (χ1n) is 11.6. The van der Waals surface area contributed by atoms with Crippen molar-refractivity contribution in [1.82, 2.24) is 24.8 Å². The predicted octanol–water partition coefficient (Wildman–Crippen LogP) is 2.47. The number of hydrogen-bond acceptors (Lipinski definition) is 6. The molecule has 0 fully saturated rings. The van der Waals surface area contributed by atoms with E-state index in [-0.39, 0.29) is 41.8 Å². The Morgan fingerprint density at radius 3 is 2.78 bits per heavy atom. The van der Waals surface area contributed by atoms with E-state index in [0.29, 0.717) is 47.9 Å². The van der Waals surface area contributed by atoms with Crippen LogP contribution in [0.4, 0.5) is 0 Å². The van der Waals surface area contributed by atoms with Crippen LogP contribution in [0.5, 0.6) is 5.75 Å². The van der Waals surface area contributed by atoms with Gasteiger partial charge in [0.1, 0.15) is 22.9 Å². The lowest BCUT2D eigenvalue weighted by molar-refractivity contribution is 0.0759. The molecule has 0 atom stereocenters. The number of ether oxygens (including phenoxy) is 1. The minimum absolute atomic E-state index is 0.168. The van der Waals surface area contributed by atoms with Crippen molar-refractivity contribution >= 4 is 11.8 Å². The largest absolute Gasteiger partial charge is 0.496 e. The van der Waals surface area contributed by atoms with Gasteiger partial charge in [0.25, 0.3) is 17.4 Å². The highest BCUT2D eigenvalue weighted by Gasteiger charge is 2.28. The molecule has 2 amide bonds. The van der Waals surface area contributed by atoms with Gasteiger partial charge in [-0.15, -0.1) is 0 Å². The van der Waals surface area contributed by atoms with Gasteiger partial charge in [0.15, 0.2) is 0 Å². The van der Waals surface area contributed by atoms with Crippen LogP contribution in [0.2, 0.25) is 0 Å². The Morgan fingerprint density at radius 1 is 1.17 bits per heavy atom. The lowest BCUT2D eigenvalue weighted by Crippen LogP contribution is -2.34. The van der Waals surface area contributed by atoms with Crippen LogP contribution in [-0.2, 0) is 19.5 Å². The molecule has 0 aliphatic carbocycles. The zero-order valence-corrected chi connectivity index (χ0v) is 19.7. The molecule has 1 aromatic carbocycles. The molecule has 0 spiro atoms. The summed E-state index contributed by atoms with van der Waals surface area (Å²) in [5, 5.41) is 2.83. The number of imidazole rings is 1. The average Bonchev–Trinajstić information content (AvgIpc) is 3.58. The highest BCUT2D eigenvalue weighted by atomic mass is 16.5. The van der Waals surface area contributed by atoms with E-state index < -0.39 is 0 Å². The van der Waals surface area contributed by atoms with Crippen LogP contribution in [0.15, 0.2) is 70.3 Å². The zero-order chi connectivity index (χ0) is 25.1. The maximum absolute atomic E-state index is 13.6. The number of pyridine rings is 1. The number of rotatable bonds is 6. The van der Waals surface area contributed by atoms with Crippen molar-refractivity contribution < 1.29 is 18.7 Å². The summed E-state index contributed by atoms with van der Waals surface area (Å²) in [6, 6.07) is 12.1. The van der Waals surface area contributed by atoms with Crippen molar-refractivity contribution in [3.63, 3.8) is 0 Å². The molecule has 1 aliphatic heterocycles. The first-order chi connectivity index (χ1) is 17.6. The number of fused-ring (bicyclic) bond motifs is 1. The molecule has 0 saturated heterocycles. The molecule has 4 aromatic rings. The summed E-state index contributed by atoms with van der Waals surface area (Å²) in [5.41, 5.74) is 1.75. The average molecular weight is 488 g/mol. The molecule has 36 heavy (non-hydrogen) atoms. The summed E-state index contributed by atoms with van der Waals surface area (Å²) in [7, 11) is 1.42. The van der Waals surface area contributed by atoms with Crippen LogP contribution >= 0.6 is 0 Å². The zero-order valence-electron chi connectivity index (χ0n) is 19.7. The van der Waals surface area contributed by atoms with Crippen molar-refractivity contribution in [2.45, 2.75) is 19.5 Å². The normalized spacial score (nSPS) is 13.1. The Balaban J connectivity index is 1.43. The Bertz CT molecular complexity index is 1440. The quantitative estimate of drug-likeness (QED) is 0.431. The number of furan rings is 1. The van der Waals surface area contributed by atoms with Gasteiger partial charge < -0.3 is 28.9 Å². The highest BCUT2D eigenvalue weighted by Crippen LogP contribution is 2.25. The number of nitrogens with one attached hydrogen (secondary N) is 2. The minimum atomic E-state index is -0.380. The molecule has 3 aromatic heterocycles. The van der Waals surface area contributed by atoms with Crippen LogP contribution in [0, 0.1) is 0 Å². The van der Waals surface area contributed by atoms with Gasteiger partial charge in [-0.05, 0) is 18.2 Å². The molecule has 10 heteroatoms. The summed E-state index contributed by atoms with van der Waals surface area (Å²) >= 11 is 0. The van der Waals surface area contributed by atoms with E-state index in [1.54, 1.807) is 40.1 Å². The maximum Gasteiger partial charge on any atom is 0.257 e. The van der Waals surface area contributed by atoms with Crippen LogP contribution in [0.3, 0.4) is 0 Å². The number of carbonyl (C=O) groups excluding carboxylic acids is 2. The van der Waals surface area contributed by atoms with E-state index in [2.05, 4.69) is 15.3 Å². The van der Waals surface area contributed by atoms with E-state index in [0.717, 1.165) is 0 Å². The van der Waals surface area contributed by atoms with Crippen molar-refractivity contribution in [3.05, 3.63) is 94.1 Å². The van der Waals surface area contributed by atoms with Gasteiger partial charge in [0, 0.05) is 55.8 Å². The standard InChI is InChI=1S/C26H25N5O5/c1-35-21-15-22(32)31-13-12-30(26(34)19-7-3-2-6-18(19)24-27-9-10-28-24)11-8-20(31)23(21)25(33)29-16-17-5-4-14-36-17/h2-7,9-10,14-15H,8,11-13,16H2,1H3,(H,27,28)(H,29,33). The third kappa shape index (κ3) is 4.40. The first kappa shape index (κ1) is 23.2. The van der Waals surface area contributed by atoms with Crippen LogP contribution in [0.25, 0.3) is 11.4 Å². The Labute approximate surface area is 206 Å². The molecular formula is C26H25N5O5. The second-order valence-corrected chi connectivity index (χ2v) is 8.31. The van der Waals surface area contributed by atoms with Crippen LogP contribution in [-0.4, -0.2) is 51.4 Å². The Kier molecular flexibility index (Phi) is 6.40. The van der Waals surface area contributed by atoms with E-state index >= 15 is 0 Å². The summed E-state index contributed by atoms with van der Waals surface area (Å²) in [6.45, 7) is 1.10. The number of H-pyrrole nitrogens is 1. The van der Waals surface area contributed by atoms with Crippen molar-refractivity contribution in [2.24, 2.45) is 0 Å². The van der Waals surface area contributed by atoms with Gasteiger partial charge in [0.2, 0.25) is 0 Å². The van der Waals surface area contributed by atoms with Gasteiger partial charge in [-0.1, -0.05) is 18.2 Å². The number of amides is 2. The molecule has 0 radical (unpaired) electrons. The summed E-state index contributed by atoms with van der Waals surface area (Å²) in [4.78, 5) is 48.7. The summed E-state index contributed by atoms with van der Waals surface area (Å²) in [5.74, 6) is 0.863. The second-order valence-electron chi connectivity index (χ2n) is 8.31. The van der Waals surface area contributed by atoms with Gasteiger partial charge in [-0.3, -0.25) is 14.4 Å². The fourth-order valence-electron chi connectivity index (χ4n) is 4.49. The molecule has 10 nitrogen and oxygen atoms in total. The predicted molar refractivity (Wildman–Crippen MR) is 131 cm³/mol. The number of nitrogens with zero attached hydrogens (tertiary/aromatic N) is 3. The van der Waals surface area contributed by atoms with Gasteiger partial charge in [0.05, 0.1) is 25.5 Å². The molecule has 5 rings (SSSR count). The first-order valence-corrected chi connectivity index (χ1v) is 11.6. The topological polar surface area (TPSA) is 122 Å². The number of benzene rings is 1. The Hall–Kier alpha value is -4.60. The molecular weight excluding hydrogens is 462 g/mol. The highest BCUT2D eigenvalue weighted by molar-refractivity contribution is 6.00. The monoisotopic (exact) mass is 487 g/mol. The molecule has 2 N–H and O–H groups in total. The molecule has 0 bridgehead atoms. The third-order valence-corrected chi connectivity index (χ3v) is 6.24. The number of methoxy groups -OCH3 is 1. The van der Waals surface area contributed by atoms with E-state index in [1.807, 2.05) is 18.2 Å². The SMILES string of the molecule is COc1cc(=O)n2c(c1C(=O)NCc1ccco1)CCN(C(=O)c1ccccc1-c1ncc[nH]1)CC2. The second kappa shape index (κ2) is 9.95. The fourth-order valence-corrected chi connectivity index (χ4v) is 4.49. The van der Waals surface area contributed by atoms with E-state index in [4.69, 9.17) is 9.15 Å². The van der Waals surface area contributed by atoms with Gasteiger partial charge in [-0.2, -0.15) is 0 Å². The van der Waals surface area contributed by atoms with Crippen molar-refractivity contribution in [2.75, 3.05) is 20.2 Å². The van der Waals surface area contributed by atoms with Gasteiger partial charge in [-0.25, -0.2) is 4.98 Å².